The number of carbonyl (C=O) groups is 3. The van der Waals surface area contributed by atoms with E-state index < -0.39 is 5.97 Å². The summed E-state index contributed by atoms with van der Waals surface area (Å²) >= 11 is 0. The Balaban J connectivity index is 1.71. The van der Waals surface area contributed by atoms with Crippen LogP contribution in [0.4, 0.5) is 11.4 Å². The number of aryl methyl sites for hydroxylation is 1. The molecule has 0 radical (unpaired) electrons. The van der Waals surface area contributed by atoms with Gasteiger partial charge in [-0.05, 0) is 61.0 Å². The summed E-state index contributed by atoms with van der Waals surface area (Å²) in [6.07, 6.45) is 0. The van der Waals surface area contributed by atoms with Crippen molar-refractivity contribution in [1.82, 2.24) is 0 Å². The van der Waals surface area contributed by atoms with Gasteiger partial charge in [0, 0.05) is 22.5 Å². The van der Waals surface area contributed by atoms with Crippen LogP contribution in [-0.2, 0) is 4.74 Å². The molecule has 0 unspecified atom stereocenters. The van der Waals surface area contributed by atoms with Gasteiger partial charge < -0.3 is 15.4 Å². The van der Waals surface area contributed by atoms with Crippen molar-refractivity contribution in [3.05, 3.63) is 95.1 Å². The molecule has 6 nitrogen and oxygen atoms in total. The van der Waals surface area contributed by atoms with E-state index in [1.54, 1.807) is 42.5 Å². The second kappa shape index (κ2) is 8.84. The molecule has 0 saturated heterocycles. The molecule has 0 saturated carbocycles. The molecule has 0 atom stereocenters. The zero-order valence-corrected chi connectivity index (χ0v) is 16.1. The van der Waals surface area contributed by atoms with Gasteiger partial charge in [-0.25, -0.2) is 4.79 Å². The van der Waals surface area contributed by atoms with Crippen LogP contribution in [0.5, 0.6) is 0 Å². The number of rotatable bonds is 5. The Hall–Kier alpha value is -3.93. The van der Waals surface area contributed by atoms with Crippen LogP contribution in [0.2, 0.25) is 0 Å². The summed E-state index contributed by atoms with van der Waals surface area (Å²) in [4.78, 5) is 36.6. The van der Waals surface area contributed by atoms with E-state index in [-0.39, 0.29) is 11.8 Å². The highest BCUT2D eigenvalue weighted by molar-refractivity contribution is 6.09. The van der Waals surface area contributed by atoms with Crippen LogP contribution >= 0.6 is 0 Å². The minimum atomic E-state index is -0.449. The van der Waals surface area contributed by atoms with Crippen LogP contribution in [0, 0.1) is 6.92 Å². The molecule has 0 aromatic heterocycles. The molecule has 0 aliphatic heterocycles. The number of anilines is 2. The number of nitrogens with one attached hydrogen (secondary N) is 2. The van der Waals surface area contributed by atoms with Crippen molar-refractivity contribution in [1.29, 1.82) is 0 Å². The Morgan fingerprint density at radius 3 is 1.97 bits per heavy atom. The number of hydrogen-bond acceptors (Lipinski definition) is 4. The quantitative estimate of drug-likeness (QED) is 0.639. The molecular formula is C23H20N2O4. The number of amides is 2. The summed E-state index contributed by atoms with van der Waals surface area (Å²) in [5, 5.41) is 5.59. The van der Waals surface area contributed by atoms with E-state index in [2.05, 4.69) is 15.4 Å². The number of esters is 1. The first-order valence-electron chi connectivity index (χ1n) is 8.94. The maximum atomic E-state index is 12.5. The van der Waals surface area contributed by atoms with Crippen LogP contribution in [-0.4, -0.2) is 24.9 Å². The normalized spacial score (nSPS) is 10.1. The Kier molecular flexibility index (Phi) is 6.04. The predicted octanol–water partition coefficient (Wildman–Crippen LogP) is 4.29. The lowest BCUT2D eigenvalue weighted by atomic mass is 10.1. The molecule has 146 valence electrons. The Morgan fingerprint density at radius 1 is 0.724 bits per heavy atom. The second-order valence-electron chi connectivity index (χ2n) is 6.37. The van der Waals surface area contributed by atoms with Gasteiger partial charge in [-0.3, -0.25) is 9.59 Å². The number of methoxy groups -OCH3 is 1. The average Bonchev–Trinajstić information content (AvgIpc) is 2.75. The molecule has 0 spiro atoms. The van der Waals surface area contributed by atoms with Gasteiger partial charge in [0.2, 0.25) is 0 Å². The summed E-state index contributed by atoms with van der Waals surface area (Å²) in [5.41, 5.74) is 3.31. The number of para-hydroxylation sites is 1. The third kappa shape index (κ3) is 4.87. The fraction of sp³-hybridized carbons (Fsp3) is 0.0870. The summed E-state index contributed by atoms with van der Waals surface area (Å²) in [5.74, 6) is -1.10. The number of carbonyl (C=O) groups excluding carboxylic acids is 3. The maximum Gasteiger partial charge on any atom is 0.337 e. The smallest absolute Gasteiger partial charge is 0.337 e. The lowest BCUT2D eigenvalue weighted by Crippen LogP contribution is -2.16. The van der Waals surface area contributed by atoms with Gasteiger partial charge in [0.05, 0.1) is 12.7 Å². The van der Waals surface area contributed by atoms with Crippen LogP contribution in [0.1, 0.15) is 36.6 Å². The van der Waals surface area contributed by atoms with Gasteiger partial charge in [0.25, 0.3) is 11.8 Å². The predicted molar refractivity (Wildman–Crippen MR) is 111 cm³/mol. The van der Waals surface area contributed by atoms with Gasteiger partial charge in [-0.15, -0.1) is 0 Å². The van der Waals surface area contributed by atoms with E-state index >= 15 is 0 Å². The van der Waals surface area contributed by atoms with Gasteiger partial charge >= 0.3 is 5.97 Å². The first kappa shape index (κ1) is 19.8. The molecule has 3 aromatic carbocycles. The number of hydrogen-bond donors (Lipinski definition) is 2. The molecule has 29 heavy (non-hydrogen) atoms. The largest absolute Gasteiger partial charge is 0.465 e. The highest BCUT2D eigenvalue weighted by Crippen LogP contribution is 2.16. The number of ether oxygens (including phenoxy) is 1. The summed E-state index contributed by atoms with van der Waals surface area (Å²) < 4.78 is 4.65. The lowest BCUT2D eigenvalue weighted by molar-refractivity contribution is 0.0600. The molecule has 0 fully saturated rings. The zero-order valence-electron chi connectivity index (χ0n) is 16.1. The van der Waals surface area contributed by atoms with Gasteiger partial charge in [-0.2, -0.15) is 0 Å². The Morgan fingerprint density at radius 2 is 1.34 bits per heavy atom. The highest BCUT2D eigenvalue weighted by Gasteiger charge is 2.12. The minimum Gasteiger partial charge on any atom is -0.465 e. The van der Waals surface area contributed by atoms with Gasteiger partial charge in [0.15, 0.2) is 0 Å². The third-order valence-electron chi connectivity index (χ3n) is 4.34. The van der Waals surface area contributed by atoms with Crippen molar-refractivity contribution in [2.75, 3.05) is 17.7 Å². The Labute approximate surface area is 168 Å². The third-order valence-corrected chi connectivity index (χ3v) is 4.34. The molecular weight excluding hydrogens is 368 g/mol. The molecule has 0 bridgehead atoms. The van der Waals surface area contributed by atoms with Crippen molar-refractivity contribution in [2.45, 2.75) is 6.92 Å². The second-order valence-corrected chi connectivity index (χ2v) is 6.37. The van der Waals surface area contributed by atoms with E-state index in [0.29, 0.717) is 22.4 Å². The molecule has 2 amide bonds. The fourth-order valence-electron chi connectivity index (χ4n) is 2.72. The summed E-state index contributed by atoms with van der Waals surface area (Å²) in [6.45, 7) is 1.91. The molecule has 3 rings (SSSR count). The number of benzene rings is 3. The van der Waals surface area contributed by atoms with E-state index in [4.69, 9.17) is 0 Å². The van der Waals surface area contributed by atoms with E-state index in [1.807, 2.05) is 31.2 Å². The molecule has 0 heterocycles. The molecule has 3 aromatic rings. The SMILES string of the molecule is COC(=O)c1ccc(NC(=O)c2cccc(C(=O)Nc3ccccc3C)c2)cc1. The molecule has 0 aliphatic carbocycles. The van der Waals surface area contributed by atoms with Crippen LogP contribution in [0.25, 0.3) is 0 Å². The zero-order chi connectivity index (χ0) is 20.8. The lowest BCUT2D eigenvalue weighted by Gasteiger charge is -2.10. The molecule has 2 N–H and O–H groups in total. The van der Waals surface area contributed by atoms with Crippen LogP contribution in [0.3, 0.4) is 0 Å². The highest BCUT2D eigenvalue weighted by atomic mass is 16.5. The maximum absolute atomic E-state index is 12.5. The summed E-state index contributed by atoms with van der Waals surface area (Å²) in [6, 6.07) is 20.3. The van der Waals surface area contributed by atoms with E-state index in [0.717, 1.165) is 11.3 Å². The average molecular weight is 388 g/mol. The standard InChI is InChI=1S/C23H20N2O4/c1-15-6-3-4-9-20(15)25-22(27)18-8-5-7-17(14-18)21(26)24-19-12-10-16(11-13-19)23(28)29-2/h3-14H,1-2H3,(H,24,26)(H,25,27). The van der Waals surface area contributed by atoms with Gasteiger partial charge in [-0.1, -0.05) is 24.3 Å². The van der Waals surface area contributed by atoms with Crippen molar-refractivity contribution in [2.24, 2.45) is 0 Å². The van der Waals surface area contributed by atoms with Gasteiger partial charge in [0.1, 0.15) is 0 Å². The van der Waals surface area contributed by atoms with E-state index in [1.165, 1.54) is 13.2 Å². The first-order valence-corrected chi connectivity index (χ1v) is 8.94. The van der Waals surface area contributed by atoms with Crippen LogP contribution in [0.15, 0.2) is 72.8 Å². The fourth-order valence-corrected chi connectivity index (χ4v) is 2.72. The van der Waals surface area contributed by atoms with Crippen molar-refractivity contribution in [3.63, 3.8) is 0 Å². The van der Waals surface area contributed by atoms with Crippen molar-refractivity contribution in [3.8, 4) is 0 Å². The molecule has 6 heteroatoms. The molecule has 0 aliphatic rings. The van der Waals surface area contributed by atoms with E-state index in [9.17, 15) is 14.4 Å². The van der Waals surface area contributed by atoms with Crippen LogP contribution < -0.4 is 10.6 Å². The monoisotopic (exact) mass is 388 g/mol. The van der Waals surface area contributed by atoms with Crippen molar-refractivity contribution >= 4 is 29.2 Å². The Bertz CT molecular complexity index is 1060. The minimum absolute atomic E-state index is 0.295. The summed E-state index contributed by atoms with van der Waals surface area (Å²) in [7, 11) is 1.31. The van der Waals surface area contributed by atoms with Crippen molar-refractivity contribution < 1.29 is 19.1 Å². The first-order chi connectivity index (χ1) is 14.0. The topological polar surface area (TPSA) is 84.5 Å².